The van der Waals surface area contributed by atoms with E-state index in [9.17, 15) is 10.1 Å². The van der Waals surface area contributed by atoms with Gasteiger partial charge in [-0.15, -0.1) is 11.3 Å². The summed E-state index contributed by atoms with van der Waals surface area (Å²) in [7, 11) is 0. The van der Waals surface area contributed by atoms with Gasteiger partial charge in [0.2, 0.25) is 0 Å². The van der Waals surface area contributed by atoms with Crippen LogP contribution in [-0.2, 0) is 6.42 Å². The van der Waals surface area contributed by atoms with Crippen molar-refractivity contribution in [1.29, 1.82) is 0 Å². The second-order valence-electron chi connectivity index (χ2n) is 3.86. The first-order valence-electron chi connectivity index (χ1n) is 5.72. The molecule has 0 saturated carbocycles. The summed E-state index contributed by atoms with van der Waals surface area (Å²) in [6.45, 7) is 0.634. The third-order valence-corrected chi connectivity index (χ3v) is 3.58. The minimum Gasteiger partial charge on any atom is -0.379 e. The molecule has 1 aromatic carbocycles. The zero-order chi connectivity index (χ0) is 13.7. The molecule has 7 heteroatoms. The van der Waals surface area contributed by atoms with E-state index in [1.165, 1.54) is 4.88 Å². The van der Waals surface area contributed by atoms with Crippen molar-refractivity contribution < 1.29 is 4.92 Å². The number of para-hydroxylation sites is 1. The Morgan fingerprint density at radius 2 is 2.05 bits per heavy atom. The molecule has 0 unspecified atom stereocenters. The summed E-state index contributed by atoms with van der Waals surface area (Å²) in [4.78, 5) is 11.9. The molecular weight excluding hydrogens is 264 g/mol. The SMILES string of the molecule is NNc1cccc(NCCc2cccs2)c1[N+](=O)[O-]. The lowest BCUT2D eigenvalue weighted by Gasteiger charge is -2.09. The average molecular weight is 278 g/mol. The maximum atomic E-state index is 11.1. The van der Waals surface area contributed by atoms with Gasteiger partial charge in [-0.25, -0.2) is 0 Å². The van der Waals surface area contributed by atoms with Gasteiger partial charge in [0.05, 0.1) is 4.92 Å². The Morgan fingerprint density at radius 3 is 2.68 bits per heavy atom. The average Bonchev–Trinajstić information content (AvgIpc) is 2.91. The van der Waals surface area contributed by atoms with E-state index in [4.69, 9.17) is 5.84 Å². The van der Waals surface area contributed by atoms with Gasteiger partial charge in [-0.2, -0.15) is 0 Å². The number of benzene rings is 1. The smallest absolute Gasteiger partial charge is 0.316 e. The van der Waals surface area contributed by atoms with Gasteiger partial charge in [0, 0.05) is 11.4 Å². The minimum atomic E-state index is -0.442. The van der Waals surface area contributed by atoms with Gasteiger partial charge >= 0.3 is 5.69 Å². The van der Waals surface area contributed by atoms with Crippen molar-refractivity contribution in [2.24, 2.45) is 5.84 Å². The van der Waals surface area contributed by atoms with Crippen molar-refractivity contribution >= 4 is 28.4 Å². The van der Waals surface area contributed by atoms with E-state index in [1.54, 1.807) is 29.5 Å². The molecule has 4 N–H and O–H groups in total. The molecule has 0 spiro atoms. The van der Waals surface area contributed by atoms with E-state index >= 15 is 0 Å². The molecule has 2 aromatic rings. The van der Waals surface area contributed by atoms with Crippen LogP contribution in [-0.4, -0.2) is 11.5 Å². The highest BCUT2D eigenvalue weighted by Crippen LogP contribution is 2.32. The maximum Gasteiger partial charge on any atom is 0.316 e. The number of anilines is 2. The Labute approximate surface area is 114 Å². The molecular formula is C12H14N4O2S. The molecule has 2 rings (SSSR count). The second kappa shape index (κ2) is 6.17. The zero-order valence-electron chi connectivity index (χ0n) is 10.1. The topological polar surface area (TPSA) is 93.2 Å². The number of nitro benzene ring substituents is 1. The minimum absolute atomic E-state index is 0.0313. The van der Waals surface area contributed by atoms with Crippen molar-refractivity contribution in [3.63, 3.8) is 0 Å². The van der Waals surface area contributed by atoms with E-state index in [0.717, 1.165) is 6.42 Å². The molecule has 1 heterocycles. The van der Waals surface area contributed by atoms with Crippen LogP contribution >= 0.6 is 11.3 Å². The predicted octanol–water partition coefficient (Wildman–Crippen LogP) is 2.60. The van der Waals surface area contributed by atoms with Crippen LogP contribution in [0.25, 0.3) is 0 Å². The van der Waals surface area contributed by atoms with Crippen LogP contribution in [0.1, 0.15) is 4.88 Å². The molecule has 0 aliphatic heterocycles. The van der Waals surface area contributed by atoms with Gasteiger partial charge in [0.15, 0.2) is 0 Å². The number of rotatable bonds is 6. The van der Waals surface area contributed by atoms with Crippen LogP contribution in [0.4, 0.5) is 17.1 Å². The molecule has 0 atom stereocenters. The van der Waals surface area contributed by atoms with Crippen LogP contribution in [0.3, 0.4) is 0 Å². The molecule has 1 aromatic heterocycles. The summed E-state index contributed by atoms with van der Waals surface area (Å²) in [6.07, 6.45) is 0.828. The molecule has 0 radical (unpaired) electrons. The lowest BCUT2D eigenvalue weighted by molar-refractivity contribution is -0.383. The molecule has 0 aliphatic carbocycles. The largest absolute Gasteiger partial charge is 0.379 e. The number of thiophene rings is 1. The van der Waals surface area contributed by atoms with Crippen LogP contribution in [0, 0.1) is 10.1 Å². The molecule has 19 heavy (non-hydrogen) atoms. The van der Waals surface area contributed by atoms with Crippen molar-refractivity contribution in [3.05, 3.63) is 50.7 Å². The van der Waals surface area contributed by atoms with E-state index in [1.807, 2.05) is 17.5 Å². The van der Waals surface area contributed by atoms with Crippen LogP contribution < -0.4 is 16.6 Å². The summed E-state index contributed by atoms with van der Waals surface area (Å²) in [5.41, 5.74) is 3.08. The molecule has 0 bridgehead atoms. The van der Waals surface area contributed by atoms with E-state index in [2.05, 4.69) is 10.7 Å². The third-order valence-electron chi connectivity index (χ3n) is 2.64. The number of nitrogens with zero attached hydrogens (tertiary/aromatic N) is 1. The molecule has 0 saturated heterocycles. The first kappa shape index (κ1) is 13.3. The second-order valence-corrected chi connectivity index (χ2v) is 4.89. The van der Waals surface area contributed by atoms with Gasteiger partial charge < -0.3 is 10.7 Å². The van der Waals surface area contributed by atoms with E-state index < -0.39 is 4.92 Å². The first-order chi connectivity index (χ1) is 9.22. The fraction of sp³-hybridized carbons (Fsp3) is 0.167. The fourth-order valence-electron chi connectivity index (χ4n) is 1.77. The Balaban J connectivity index is 2.09. The monoisotopic (exact) mass is 278 g/mol. The molecule has 100 valence electrons. The number of hydrogen-bond donors (Lipinski definition) is 3. The number of nitrogens with one attached hydrogen (secondary N) is 2. The Kier molecular flexibility index (Phi) is 4.32. The molecule has 0 aliphatic rings. The van der Waals surface area contributed by atoms with E-state index in [0.29, 0.717) is 17.9 Å². The highest BCUT2D eigenvalue weighted by Gasteiger charge is 2.18. The third kappa shape index (κ3) is 3.21. The Morgan fingerprint density at radius 1 is 1.26 bits per heavy atom. The number of nitrogens with two attached hydrogens (primary N) is 1. The fourth-order valence-corrected chi connectivity index (χ4v) is 2.48. The van der Waals surface area contributed by atoms with Crippen molar-refractivity contribution in [2.75, 3.05) is 17.3 Å². The number of nitro groups is 1. The Bertz CT molecular complexity index is 557. The van der Waals surface area contributed by atoms with Crippen LogP contribution in [0.5, 0.6) is 0 Å². The highest BCUT2D eigenvalue weighted by atomic mass is 32.1. The van der Waals surface area contributed by atoms with Gasteiger partial charge in [0.1, 0.15) is 11.4 Å². The van der Waals surface area contributed by atoms with Crippen molar-refractivity contribution in [3.8, 4) is 0 Å². The van der Waals surface area contributed by atoms with Gasteiger partial charge in [0.25, 0.3) is 0 Å². The van der Waals surface area contributed by atoms with Crippen molar-refractivity contribution in [2.45, 2.75) is 6.42 Å². The van der Waals surface area contributed by atoms with Gasteiger partial charge in [-0.3, -0.25) is 16.0 Å². The molecule has 0 amide bonds. The van der Waals surface area contributed by atoms with Crippen molar-refractivity contribution in [1.82, 2.24) is 0 Å². The van der Waals surface area contributed by atoms with E-state index in [-0.39, 0.29) is 5.69 Å². The lowest BCUT2D eigenvalue weighted by Crippen LogP contribution is -2.12. The van der Waals surface area contributed by atoms with Crippen LogP contribution in [0.15, 0.2) is 35.7 Å². The number of hydrazine groups is 1. The summed E-state index contributed by atoms with van der Waals surface area (Å²) >= 11 is 1.67. The maximum absolute atomic E-state index is 11.1. The highest BCUT2D eigenvalue weighted by molar-refractivity contribution is 7.09. The van der Waals surface area contributed by atoms with Crippen LogP contribution in [0.2, 0.25) is 0 Å². The summed E-state index contributed by atoms with van der Waals surface area (Å²) in [6, 6.07) is 8.99. The number of nitrogen functional groups attached to an aromatic ring is 1. The van der Waals surface area contributed by atoms with Gasteiger partial charge in [-0.1, -0.05) is 12.1 Å². The standard InChI is InChI=1S/C12H14N4O2S/c13-15-11-5-1-4-10(12(11)16(17)18)14-7-6-9-3-2-8-19-9/h1-5,8,14-15H,6-7,13H2. The summed E-state index contributed by atoms with van der Waals surface area (Å²) < 4.78 is 0. The lowest BCUT2D eigenvalue weighted by atomic mass is 10.2. The molecule has 6 nitrogen and oxygen atoms in total. The summed E-state index contributed by atoms with van der Waals surface area (Å²) in [5, 5.41) is 16.2. The Hall–Kier alpha value is -2.12. The first-order valence-corrected chi connectivity index (χ1v) is 6.60. The quantitative estimate of drug-likeness (QED) is 0.429. The predicted molar refractivity (Wildman–Crippen MR) is 77.4 cm³/mol. The summed E-state index contributed by atoms with van der Waals surface area (Å²) in [5.74, 6) is 5.28. The zero-order valence-corrected chi connectivity index (χ0v) is 10.9. The normalized spacial score (nSPS) is 10.2. The number of hydrogen-bond acceptors (Lipinski definition) is 6. The van der Waals surface area contributed by atoms with Gasteiger partial charge in [-0.05, 0) is 30.0 Å². The molecule has 0 fully saturated rings.